The Morgan fingerprint density at radius 3 is 2.54 bits per heavy atom. The number of nitrogens with zero attached hydrogens (tertiary/aromatic N) is 4. The SMILES string of the molecule is COC(=O)c1ccc(N2CC(CN=[N+]=[N-])CC2(C)C(=O)OC)cc1. The first kappa shape index (κ1) is 17.6. The van der Waals surface area contributed by atoms with Gasteiger partial charge in [-0.1, -0.05) is 5.11 Å². The van der Waals surface area contributed by atoms with Crippen molar-refractivity contribution in [2.24, 2.45) is 11.0 Å². The van der Waals surface area contributed by atoms with Crippen LogP contribution in [0.4, 0.5) is 5.69 Å². The number of hydrogen-bond acceptors (Lipinski definition) is 6. The van der Waals surface area contributed by atoms with Crippen molar-refractivity contribution < 1.29 is 19.1 Å². The summed E-state index contributed by atoms with van der Waals surface area (Å²) in [5, 5.41) is 3.62. The first-order chi connectivity index (χ1) is 11.5. The Labute approximate surface area is 140 Å². The van der Waals surface area contributed by atoms with E-state index in [4.69, 9.17) is 10.3 Å². The van der Waals surface area contributed by atoms with Crippen LogP contribution in [-0.2, 0) is 14.3 Å². The molecule has 2 atom stereocenters. The van der Waals surface area contributed by atoms with Crippen molar-refractivity contribution in [3.8, 4) is 0 Å². The second kappa shape index (κ2) is 7.23. The summed E-state index contributed by atoms with van der Waals surface area (Å²) in [5.41, 5.74) is 8.89. The van der Waals surface area contributed by atoms with Gasteiger partial charge in [-0.05, 0) is 49.1 Å². The molecule has 0 bridgehead atoms. The molecule has 1 aliphatic heterocycles. The lowest BCUT2D eigenvalue weighted by Crippen LogP contribution is -2.48. The zero-order valence-electron chi connectivity index (χ0n) is 13.9. The topological polar surface area (TPSA) is 105 Å². The number of hydrogen-bond donors (Lipinski definition) is 0. The van der Waals surface area contributed by atoms with Crippen LogP contribution < -0.4 is 4.90 Å². The summed E-state index contributed by atoms with van der Waals surface area (Å²) in [7, 11) is 2.68. The first-order valence-electron chi connectivity index (χ1n) is 7.51. The van der Waals surface area contributed by atoms with Crippen LogP contribution in [-0.4, -0.2) is 44.8 Å². The fourth-order valence-electron chi connectivity index (χ4n) is 3.17. The van der Waals surface area contributed by atoms with Gasteiger partial charge in [0.15, 0.2) is 0 Å². The third-order valence-corrected chi connectivity index (χ3v) is 4.35. The van der Waals surface area contributed by atoms with E-state index in [1.165, 1.54) is 14.2 Å². The molecule has 8 nitrogen and oxygen atoms in total. The standard InChI is InChI=1S/C16H20N4O4/c1-16(15(22)24-3)8-11(9-18-19-17)10-20(16)13-6-4-12(5-7-13)14(21)23-2/h4-7,11H,8-10H2,1-3H3. The lowest BCUT2D eigenvalue weighted by molar-refractivity contribution is -0.146. The zero-order valence-corrected chi connectivity index (χ0v) is 13.9. The molecule has 1 fully saturated rings. The summed E-state index contributed by atoms with van der Waals surface area (Å²) in [4.78, 5) is 28.6. The molecule has 0 saturated carbocycles. The van der Waals surface area contributed by atoms with Gasteiger partial charge in [0.1, 0.15) is 5.54 Å². The fraction of sp³-hybridized carbons (Fsp3) is 0.500. The quantitative estimate of drug-likeness (QED) is 0.356. The van der Waals surface area contributed by atoms with Crippen LogP contribution in [0.5, 0.6) is 0 Å². The molecule has 0 radical (unpaired) electrons. The minimum atomic E-state index is -0.850. The normalized spacial score (nSPS) is 22.6. The van der Waals surface area contributed by atoms with E-state index in [-0.39, 0.29) is 11.9 Å². The molecule has 0 spiro atoms. The molecular formula is C16H20N4O4. The summed E-state index contributed by atoms with van der Waals surface area (Å²) < 4.78 is 9.65. The van der Waals surface area contributed by atoms with Crippen LogP contribution in [0.25, 0.3) is 10.4 Å². The number of rotatable bonds is 5. The number of benzene rings is 1. The number of azide groups is 1. The summed E-state index contributed by atoms with van der Waals surface area (Å²) >= 11 is 0. The molecule has 2 rings (SSSR count). The average Bonchev–Trinajstić information content (AvgIpc) is 2.96. The van der Waals surface area contributed by atoms with Gasteiger partial charge < -0.3 is 14.4 Å². The number of carbonyl (C=O) groups is 2. The van der Waals surface area contributed by atoms with Gasteiger partial charge in [-0.25, -0.2) is 9.59 Å². The molecule has 24 heavy (non-hydrogen) atoms. The Balaban J connectivity index is 2.31. The van der Waals surface area contributed by atoms with E-state index in [2.05, 4.69) is 14.8 Å². The van der Waals surface area contributed by atoms with Crippen LogP contribution in [0.3, 0.4) is 0 Å². The van der Waals surface area contributed by atoms with Gasteiger partial charge in [-0.2, -0.15) is 0 Å². The van der Waals surface area contributed by atoms with Gasteiger partial charge in [-0.3, -0.25) is 0 Å². The van der Waals surface area contributed by atoms with E-state index >= 15 is 0 Å². The van der Waals surface area contributed by atoms with Crippen molar-refractivity contribution >= 4 is 17.6 Å². The molecule has 2 unspecified atom stereocenters. The third-order valence-electron chi connectivity index (χ3n) is 4.35. The van der Waals surface area contributed by atoms with Gasteiger partial charge in [0.25, 0.3) is 0 Å². The minimum Gasteiger partial charge on any atom is -0.467 e. The van der Waals surface area contributed by atoms with E-state index in [9.17, 15) is 9.59 Å². The lowest BCUT2D eigenvalue weighted by Gasteiger charge is -2.34. The van der Waals surface area contributed by atoms with Crippen molar-refractivity contribution in [1.29, 1.82) is 0 Å². The van der Waals surface area contributed by atoms with E-state index in [1.807, 2.05) is 11.8 Å². The highest BCUT2D eigenvalue weighted by atomic mass is 16.5. The Morgan fingerprint density at radius 1 is 1.33 bits per heavy atom. The Bertz CT molecular complexity index is 669. The van der Waals surface area contributed by atoms with Gasteiger partial charge in [0.2, 0.25) is 0 Å². The monoisotopic (exact) mass is 332 g/mol. The zero-order chi connectivity index (χ0) is 17.7. The van der Waals surface area contributed by atoms with Gasteiger partial charge in [0.05, 0.1) is 19.8 Å². The van der Waals surface area contributed by atoms with Crippen LogP contribution in [0.15, 0.2) is 29.4 Å². The number of ether oxygens (including phenoxy) is 2. The highest BCUT2D eigenvalue weighted by Gasteiger charge is 2.48. The molecule has 0 aliphatic carbocycles. The number of anilines is 1. The summed E-state index contributed by atoms with van der Waals surface area (Å²) in [6.07, 6.45) is 0.525. The van der Waals surface area contributed by atoms with Crippen molar-refractivity contribution in [3.05, 3.63) is 40.3 Å². The average molecular weight is 332 g/mol. The van der Waals surface area contributed by atoms with Crippen LogP contribution >= 0.6 is 0 Å². The van der Waals surface area contributed by atoms with Gasteiger partial charge >= 0.3 is 11.9 Å². The molecule has 0 amide bonds. The first-order valence-corrected chi connectivity index (χ1v) is 7.51. The second-order valence-corrected chi connectivity index (χ2v) is 5.90. The Hall–Kier alpha value is -2.73. The maximum atomic E-state index is 12.3. The number of methoxy groups -OCH3 is 2. The summed E-state index contributed by atoms with van der Waals surface area (Å²) in [6.45, 7) is 2.69. The van der Waals surface area contributed by atoms with Crippen LogP contribution in [0, 0.1) is 5.92 Å². The molecule has 1 aliphatic rings. The van der Waals surface area contributed by atoms with Crippen molar-refractivity contribution in [3.63, 3.8) is 0 Å². The van der Waals surface area contributed by atoms with Gasteiger partial charge in [-0.15, -0.1) is 0 Å². The van der Waals surface area contributed by atoms with Crippen molar-refractivity contribution in [2.45, 2.75) is 18.9 Å². The highest BCUT2D eigenvalue weighted by Crippen LogP contribution is 2.38. The largest absolute Gasteiger partial charge is 0.467 e. The molecule has 0 aromatic heterocycles. The molecule has 1 aromatic carbocycles. The van der Waals surface area contributed by atoms with Gasteiger partial charge in [0, 0.05) is 23.7 Å². The number of carbonyl (C=O) groups excluding carboxylic acids is 2. The van der Waals surface area contributed by atoms with E-state index in [1.54, 1.807) is 24.3 Å². The molecule has 128 valence electrons. The molecule has 1 heterocycles. The highest BCUT2D eigenvalue weighted by molar-refractivity contribution is 5.90. The molecule has 0 N–H and O–H groups in total. The molecule has 1 saturated heterocycles. The third kappa shape index (κ3) is 3.28. The predicted octanol–water partition coefficient (Wildman–Crippen LogP) is 2.54. The second-order valence-electron chi connectivity index (χ2n) is 5.90. The predicted molar refractivity (Wildman–Crippen MR) is 87.7 cm³/mol. The fourth-order valence-corrected chi connectivity index (χ4v) is 3.17. The summed E-state index contributed by atoms with van der Waals surface area (Å²) in [6, 6.07) is 6.84. The lowest BCUT2D eigenvalue weighted by atomic mass is 9.94. The molecular weight excluding hydrogens is 312 g/mol. The maximum Gasteiger partial charge on any atom is 0.337 e. The molecule has 1 aromatic rings. The number of esters is 2. The smallest absolute Gasteiger partial charge is 0.337 e. The van der Waals surface area contributed by atoms with Crippen LogP contribution in [0.1, 0.15) is 23.7 Å². The maximum absolute atomic E-state index is 12.3. The summed E-state index contributed by atoms with van der Waals surface area (Å²) in [5.74, 6) is -0.715. The van der Waals surface area contributed by atoms with Crippen molar-refractivity contribution in [1.82, 2.24) is 0 Å². The molecule has 8 heteroatoms. The van der Waals surface area contributed by atoms with E-state index in [0.717, 1.165) is 5.69 Å². The minimum absolute atomic E-state index is 0.0466. The van der Waals surface area contributed by atoms with E-state index < -0.39 is 11.5 Å². The Kier molecular flexibility index (Phi) is 5.31. The Morgan fingerprint density at radius 2 is 2.00 bits per heavy atom. The van der Waals surface area contributed by atoms with E-state index in [0.29, 0.717) is 25.1 Å². The van der Waals surface area contributed by atoms with Crippen LogP contribution in [0.2, 0.25) is 0 Å². The van der Waals surface area contributed by atoms with Crippen molar-refractivity contribution in [2.75, 3.05) is 32.2 Å².